The van der Waals surface area contributed by atoms with Gasteiger partial charge in [-0.25, -0.2) is 4.39 Å². The maximum atomic E-state index is 13.3. The van der Waals surface area contributed by atoms with E-state index in [2.05, 4.69) is 5.32 Å². The zero-order chi connectivity index (χ0) is 13.0. The topological polar surface area (TPSA) is 52.5 Å². The third kappa shape index (κ3) is 4.08. The molecule has 1 aromatic carbocycles. The van der Waals surface area contributed by atoms with Gasteiger partial charge in [-0.15, -0.1) is 0 Å². The van der Waals surface area contributed by atoms with Gasteiger partial charge in [-0.05, 0) is 24.6 Å². The Labute approximate surface area is 109 Å². The van der Waals surface area contributed by atoms with Crippen LogP contribution in [0, 0.1) is 5.82 Å². The van der Waals surface area contributed by atoms with Crippen LogP contribution >= 0.6 is 23.2 Å². The molecule has 0 aliphatic carbocycles. The summed E-state index contributed by atoms with van der Waals surface area (Å²) in [6.07, 6.45) is -0.853. The molecule has 0 aliphatic heterocycles. The summed E-state index contributed by atoms with van der Waals surface area (Å²) in [5, 5.41) is 21.1. The molecule has 0 saturated carbocycles. The largest absolute Gasteiger partial charge is 0.394 e. The molecule has 0 aliphatic rings. The molecular formula is C11H14Cl2FNO2. The van der Waals surface area contributed by atoms with Gasteiger partial charge in [0.1, 0.15) is 5.82 Å². The van der Waals surface area contributed by atoms with Gasteiger partial charge in [0.25, 0.3) is 0 Å². The molecule has 3 nitrogen and oxygen atoms in total. The number of rotatable bonds is 5. The number of aliphatic hydroxyl groups excluding tert-OH is 2. The molecule has 0 spiro atoms. The zero-order valence-corrected chi connectivity index (χ0v) is 10.8. The van der Waals surface area contributed by atoms with E-state index in [1.54, 1.807) is 6.92 Å². The molecule has 0 amide bonds. The normalized spacial score (nSPS) is 14.7. The van der Waals surface area contributed by atoms with Gasteiger partial charge in [0.2, 0.25) is 0 Å². The zero-order valence-electron chi connectivity index (χ0n) is 9.25. The maximum Gasteiger partial charge on any atom is 0.142 e. The van der Waals surface area contributed by atoms with Gasteiger partial charge >= 0.3 is 0 Å². The standard InChI is InChI=1S/C11H14Cl2FNO2/c1-6(15-4-7(17)5-16)8-2-11(14)10(13)3-9(8)12/h2-3,6-7,15-17H,4-5H2,1H3/t6-,7+/m1/s1. The van der Waals surface area contributed by atoms with E-state index in [0.717, 1.165) is 0 Å². The van der Waals surface area contributed by atoms with E-state index in [1.165, 1.54) is 12.1 Å². The second-order valence-electron chi connectivity index (χ2n) is 3.75. The van der Waals surface area contributed by atoms with Crippen molar-refractivity contribution < 1.29 is 14.6 Å². The Morgan fingerprint density at radius 3 is 2.59 bits per heavy atom. The van der Waals surface area contributed by atoms with Crippen molar-refractivity contribution in [2.45, 2.75) is 19.1 Å². The number of benzene rings is 1. The van der Waals surface area contributed by atoms with Crippen LogP contribution in [0.25, 0.3) is 0 Å². The van der Waals surface area contributed by atoms with E-state index in [9.17, 15) is 9.50 Å². The first kappa shape index (κ1) is 14.7. The van der Waals surface area contributed by atoms with Gasteiger partial charge in [-0.1, -0.05) is 23.2 Å². The number of hydrogen-bond acceptors (Lipinski definition) is 3. The summed E-state index contributed by atoms with van der Waals surface area (Å²) in [5.74, 6) is -0.539. The quantitative estimate of drug-likeness (QED) is 0.725. The highest BCUT2D eigenvalue weighted by Gasteiger charge is 2.14. The minimum absolute atomic E-state index is 0.0265. The van der Waals surface area contributed by atoms with E-state index in [4.69, 9.17) is 28.3 Å². The highest BCUT2D eigenvalue weighted by atomic mass is 35.5. The number of aliphatic hydroxyl groups is 2. The minimum Gasteiger partial charge on any atom is -0.394 e. The van der Waals surface area contributed by atoms with Crippen LogP contribution in [0.2, 0.25) is 10.0 Å². The van der Waals surface area contributed by atoms with Gasteiger partial charge in [0.15, 0.2) is 0 Å². The summed E-state index contributed by atoms with van der Waals surface area (Å²) in [4.78, 5) is 0. The van der Waals surface area contributed by atoms with E-state index in [-0.39, 0.29) is 24.2 Å². The molecule has 0 fully saturated rings. The molecule has 6 heteroatoms. The smallest absolute Gasteiger partial charge is 0.142 e. The highest BCUT2D eigenvalue weighted by Crippen LogP contribution is 2.28. The molecular weight excluding hydrogens is 268 g/mol. The molecule has 1 aromatic rings. The molecule has 0 bridgehead atoms. The lowest BCUT2D eigenvalue weighted by atomic mass is 10.1. The first-order valence-electron chi connectivity index (χ1n) is 5.12. The lowest BCUT2D eigenvalue weighted by Gasteiger charge is -2.18. The number of hydrogen-bond donors (Lipinski definition) is 3. The van der Waals surface area contributed by atoms with Crippen molar-refractivity contribution in [3.63, 3.8) is 0 Å². The van der Waals surface area contributed by atoms with Gasteiger partial charge < -0.3 is 15.5 Å². The fourth-order valence-corrected chi connectivity index (χ4v) is 1.90. The average Bonchev–Trinajstić information content (AvgIpc) is 2.30. The molecule has 0 radical (unpaired) electrons. The van der Waals surface area contributed by atoms with Crippen LogP contribution in [-0.2, 0) is 0 Å². The predicted molar refractivity (Wildman–Crippen MR) is 65.9 cm³/mol. The Morgan fingerprint density at radius 1 is 1.35 bits per heavy atom. The molecule has 0 heterocycles. The average molecular weight is 282 g/mol. The van der Waals surface area contributed by atoms with Crippen LogP contribution in [0.3, 0.4) is 0 Å². The summed E-state index contributed by atoms with van der Waals surface area (Å²) in [7, 11) is 0. The molecule has 0 saturated heterocycles. The molecule has 1 rings (SSSR count). The second-order valence-corrected chi connectivity index (χ2v) is 4.57. The molecule has 2 atom stereocenters. The summed E-state index contributed by atoms with van der Waals surface area (Å²) in [6, 6.07) is 2.35. The van der Waals surface area contributed by atoms with Gasteiger partial charge in [0, 0.05) is 17.6 Å². The summed E-state index contributed by atoms with van der Waals surface area (Å²) in [5.41, 5.74) is 0.554. The fourth-order valence-electron chi connectivity index (χ4n) is 1.36. The molecule has 17 heavy (non-hydrogen) atoms. The summed E-state index contributed by atoms with van der Waals surface area (Å²) in [6.45, 7) is 1.64. The van der Waals surface area contributed by atoms with Crippen molar-refractivity contribution in [2.75, 3.05) is 13.2 Å². The van der Waals surface area contributed by atoms with Crippen molar-refractivity contribution in [3.8, 4) is 0 Å². The predicted octanol–water partition coefficient (Wildman–Crippen LogP) is 2.14. The second kappa shape index (κ2) is 6.52. The first-order chi connectivity index (χ1) is 7.95. The SMILES string of the molecule is C[C@@H](NC[C@H](O)CO)c1cc(F)c(Cl)cc1Cl. The third-order valence-electron chi connectivity index (χ3n) is 2.38. The monoisotopic (exact) mass is 281 g/mol. The van der Waals surface area contributed by atoms with Gasteiger partial charge in [-0.3, -0.25) is 0 Å². The fraction of sp³-hybridized carbons (Fsp3) is 0.455. The van der Waals surface area contributed by atoms with E-state index in [1.807, 2.05) is 0 Å². The van der Waals surface area contributed by atoms with Crippen molar-refractivity contribution >= 4 is 23.2 Å². The van der Waals surface area contributed by atoms with Crippen LogP contribution in [0.15, 0.2) is 12.1 Å². The molecule has 96 valence electrons. The van der Waals surface area contributed by atoms with E-state index < -0.39 is 11.9 Å². The van der Waals surface area contributed by atoms with Crippen LogP contribution < -0.4 is 5.32 Å². The maximum absolute atomic E-state index is 13.3. The highest BCUT2D eigenvalue weighted by molar-refractivity contribution is 6.35. The Balaban J connectivity index is 2.75. The summed E-state index contributed by atoms with van der Waals surface area (Å²) >= 11 is 11.5. The molecule has 0 aromatic heterocycles. The Kier molecular flexibility index (Phi) is 5.62. The Hall–Kier alpha value is -0.390. The van der Waals surface area contributed by atoms with Crippen molar-refractivity contribution in [2.24, 2.45) is 0 Å². The minimum atomic E-state index is -0.853. The van der Waals surface area contributed by atoms with Crippen LogP contribution in [0.1, 0.15) is 18.5 Å². The Morgan fingerprint density at radius 2 is 2.00 bits per heavy atom. The Bertz CT molecular complexity index is 390. The molecule has 3 N–H and O–H groups in total. The van der Waals surface area contributed by atoms with Crippen molar-refractivity contribution in [1.29, 1.82) is 0 Å². The van der Waals surface area contributed by atoms with E-state index in [0.29, 0.717) is 10.6 Å². The summed E-state index contributed by atoms with van der Waals surface area (Å²) < 4.78 is 13.3. The van der Waals surface area contributed by atoms with Crippen LogP contribution in [0.5, 0.6) is 0 Å². The number of nitrogens with one attached hydrogen (secondary N) is 1. The lowest BCUT2D eigenvalue weighted by Crippen LogP contribution is -2.31. The van der Waals surface area contributed by atoms with Gasteiger partial charge in [-0.2, -0.15) is 0 Å². The van der Waals surface area contributed by atoms with Gasteiger partial charge in [0.05, 0.1) is 17.7 Å². The first-order valence-corrected chi connectivity index (χ1v) is 5.88. The van der Waals surface area contributed by atoms with Crippen molar-refractivity contribution in [1.82, 2.24) is 5.32 Å². The number of halogens is 3. The lowest BCUT2D eigenvalue weighted by molar-refractivity contribution is 0.0924. The molecule has 0 unspecified atom stereocenters. The van der Waals surface area contributed by atoms with Crippen LogP contribution in [-0.4, -0.2) is 29.5 Å². The van der Waals surface area contributed by atoms with E-state index >= 15 is 0 Å². The third-order valence-corrected chi connectivity index (χ3v) is 2.99. The van der Waals surface area contributed by atoms with Crippen LogP contribution in [0.4, 0.5) is 4.39 Å². The van der Waals surface area contributed by atoms with Crippen molar-refractivity contribution in [3.05, 3.63) is 33.6 Å².